The van der Waals surface area contributed by atoms with Crippen LogP contribution in [0.2, 0.25) is 0 Å². The summed E-state index contributed by atoms with van der Waals surface area (Å²) in [6, 6.07) is 9.22. The van der Waals surface area contributed by atoms with Crippen LogP contribution in [0.25, 0.3) is 0 Å². The molecule has 6 nitrogen and oxygen atoms in total. The van der Waals surface area contributed by atoms with Crippen LogP contribution in [0.5, 0.6) is 5.75 Å². The first-order chi connectivity index (χ1) is 14.4. The Labute approximate surface area is 173 Å². The number of nitrogens with one attached hydrogen (secondary N) is 2. The van der Waals surface area contributed by atoms with Gasteiger partial charge in [0.1, 0.15) is 11.6 Å². The van der Waals surface area contributed by atoms with Crippen molar-refractivity contribution in [1.82, 2.24) is 10.3 Å². The van der Waals surface area contributed by atoms with Gasteiger partial charge < -0.3 is 20.3 Å². The fourth-order valence-electron chi connectivity index (χ4n) is 3.19. The van der Waals surface area contributed by atoms with Crippen molar-refractivity contribution in [3.8, 4) is 5.75 Å². The second-order valence-corrected chi connectivity index (χ2v) is 7.17. The summed E-state index contributed by atoms with van der Waals surface area (Å²) < 4.78 is 41.4. The number of nitrogens with zero attached hydrogens (tertiary/aromatic N) is 2. The standard InChI is InChI=1S/C21H25F3N4O2/c22-21(23,24)15-30-18-7-5-6-17(12-18)27-20(29)26-14-16-8-9-19(25-13-16)28-10-3-1-2-4-11-28/h5-9,12-13H,1-4,10-11,14-15H2,(H2,26,27,29). The molecule has 0 bridgehead atoms. The number of anilines is 2. The van der Waals surface area contributed by atoms with E-state index < -0.39 is 18.8 Å². The lowest BCUT2D eigenvalue weighted by Gasteiger charge is -2.21. The number of amides is 2. The first kappa shape index (κ1) is 21.7. The van der Waals surface area contributed by atoms with Crippen LogP contribution in [0.4, 0.5) is 29.5 Å². The molecule has 0 aliphatic carbocycles. The molecule has 162 valence electrons. The largest absolute Gasteiger partial charge is 0.484 e. The molecule has 1 saturated heterocycles. The Kier molecular flexibility index (Phi) is 7.37. The molecule has 2 heterocycles. The number of hydrogen-bond acceptors (Lipinski definition) is 4. The van der Waals surface area contributed by atoms with Crippen LogP contribution in [0.1, 0.15) is 31.2 Å². The van der Waals surface area contributed by atoms with E-state index in [9.17, 15) is 18.0 Å². The molecule has 3 rings (SSSR count). The Morgan fingerprint density at radius 1 is 1.10 bits per heavy atom. The van der Waals surface area contributed by atoms with Gasteiger partial charge in [0.25, 0.3) is 0 Å². The number of benzene rings is 1. The molecule has 1 fully saturated rings. The molecule has 2 amide bonds. The predicted octanol–water partition coefficient (Wildman–Crippen LogP) is 4.72. The highest BCUT2D eigenvalue weighted by molar-refractivity contribution is 5.89. The summed E-state index contributed by atoms with van der Waals surface area (Å²) >= 11 is 0. The second kappa shape index (κ2) is 10.2. The molecular weight excluding hydrogens is 397 g/mol. The van der Waals surface area contributed by atoms with Crippen LogP contribution < -0.4 is 20.3 Å². The number of urea groups is 1. The summed E-state index contributed by atoms with van der Waals surface area (Å²) in [5.41, 5.74) is 1.19. The summed E-state index contributed by atoms with van der Waals surface area (Å²) in [5, 5.41) is 5.29. The highest BCUT2D eigenvalue weighted by Crippen LogP contribution is 2.21. The maximum atomic E-state index is 12.2. The van der Waals surface area contributed by atoms with Gasteiger partial charge in [-0.25, -0.2) is 9.78 Å². The van der Waals surface area contributed by atoms with E-state index >= 15 is 0 Å². The van der Waals surface area contributed by atoms with Gasteiger partial charge in [0.05, 0.1) is 0 Å². The van der Waals surface area contributed by atoms with E-state index in [1.54, 1.807) is 12.3 Å². The maximum Gasteiger partial charge on any atom is 0.422 e. The zero-order valence-electron chi connectivity index (χ0n) is 16.5. The Bertz CT molecular complexity index is 820. The van der Waals surface area contributed by atoms with Crippen LogP contribution in [0.15, 0.2) is 42.6 Å². The van der Waals surface area contributed by atoms with E-state index in [2.05, 4.69) is 25.3 Å². The molecular formula is C21H25F3N4O2. The van der Waals surface area contributed by atoms with Crippen LogP contribution in [-0.4, -0.2) is 36.9 Å². The zero-order valence-corrected chi connectivity index (χ0v) is 16.5. The molecule has 0 atom stereocenters. The minimum absolute atomic E-state index is 0.0263. The lowest BCUT2D eigenvalue weighted by atomic mass is 10.2. The quantitative estimate of drug-likeness (QED) is 0.707. The van der Waals surface area contributed by atoms with Crippen molar-refractivity contribution >= 4 is 17.5 Å². The molecule has 1 aliphatic rings. The fourth-order valence-corrected chi connectivity index (χ4v) is 3.19. The van der Waals surface area contributed by atoms with Gasteiger partial charge in [-0.2, -0.15) is 13.2 Å². The Balaban J connectivity index is 1.47. The summed E-state index contributed by atoms with van der Waals surface area (Å²) in [5.74, 6) is 0.971. The van der Waals surface area contributed by atoms with Crippen LogP contribution >= 0.6 is 0 Å². The Hall–Kier alpha value is -2.97. The molecule has 30 heavy (non-hydrogen) atoms. The SMILES string of the molecule is O=C(NCc1ccc(N2CCCCCC2)nc1)Nc1cccc(OCC(F)(F)F)c1. The molecule has 1 aromatic carbocycles. The van der Waals surface area contributed by atoms with Crippen molar-refractivity contribution in [3.05, 3.63) is 48.2 Å². The monoisotopic (exact) mass is 422 g/mol. The molecule has 0 radical (unpaired) electrons. The summed E-state index contributed by atoms with van der Waals surface area (Å²) in [7, 11) is 0. The third-order valence-electron chi connectivity index (χ3n) is 4.69. The first-order valence-electron chi connectivity index (χ1n) is 9.93. The third kappa shape index (κ3) is 7.13. The van der Waals surface area contributed by atoms with Gasteiger partial charge in [-0.15, -0.1) is 0 Å². The van der Waals surface area contributed by atoms with Gasteiger partial charge in [-0.3, -0.25) is 0 Å². The maximum absolute atomic E-state index is 12.2. The van der Waals surface area contributed by atoms with E-state index in [0.29, 0.717) is 5.69 Å². The molecule has 0 saturated carbocycles. The minimum atomic E-state index is -4.42. The highest BCUT2D eigenvalue weighted by atomic mass is 19.4. The average Bonchev–Trinajstić information content (AvgIpc) is 3.01. The Morgan fingerprint density at radius 2 is 1.87 bits per heavy atom. The van der Waals surface area contributed by atoms with Crippen LogP contribution in [-0.2, 0) is 6.54 Å². The van der Waals surface area contributed by atoms with Gasteiger partial charge >= 0.3 is 12.2 Å². The van der Waals surface area contributed by atoms with Crippen LogP contribution in [0.3, 0.4) is 0 Å². The topological polar surface area (TPSA) is 66.5 Å². The average molecular weight is 422 g/mol. The van der Waals surface area contributed by atoms with Crippen molar-refractivity contribution < 1.29 is 22.7 Å². The van der Waals surface area contributed by atoms with Gasteiger partial charge in [-0.1, -0.05) is 25.0 Å². The van der Waals surface area contributed by atoms with E-state index in [-0.39, 0.29) is 12.3 Å². The number of pyridine rings is 1. The molecule has 2 aromatic rings. The molecule has 1 aromatic heterocycles. The third-order valence-corrected chi connectivity index (χ3v) is 4.69. The van der Waals surface area contributed by atoms with Crippen molar-refractivity contribution in [2.24, 2.45) is 0 Å². The number of alkyl halides is 3. The number of ether oxygens (including phenoxy) is 1. The summed E-state index contributed by atoms with van der Waals surface area (Å²) in [4.78, 5) is 18.9. The fraction of sp³-hybridized carbons (Fsp3) is 0.429. The number of carbonyl (C=O) groups excluding carboxylic acids is 1. The van der Waals surface area contributed by atoms with Gasteiger partial charge in [0.2, 0.25) is 0 Å². The molecule has 2 N–H and O–H groups in total. The number of halogens is 3. The number of carbonyl (C=O) groups is 1. The molecule has 0 unspecified atom stereocenters. The van der Waals surface area contributed by atoms with E-state index in [4.69, 9.17) is 0 Å². The van der Waals surface area contributed by atoms with Crippen molar-refractivity contribution in [3.63, 3.8) is 0 Å². The van der Waals surface area contributed by atoms with E-state index in [1.165, 1.54) is 43.9 Å². The van der Waals surface area contributed by atoms with Gasteiger partial charge in [0.15, 0.2) is 6.61 Å². The number of aromatic nitrogens is 1. The molecule has 0 spiro atoms. The normalized spacial score (nSPS) is 14.7. The smallest absolute Gasteiger partial charge is 0.422 e. The second-order valence-electron chi connectivity index (χ2n) is 7.17. The van der Waals surface area contributed by atoms with Gasteiger partial charge in [-0.05, 0) is 36.6 Å². The van der Waals surface area contributed by atoms with Crippen molar-refractivity contribution in [2.75, 3.05) is 29.9 Å². The number of hydrogen-bond donors (Lipinski definition) is 2. The van der Waals surface area contributed by atoms with Gasteiger partial charge in [0, 0.05) is 37.6 Å². The van der Waals surface area contributed by atoms with Crippen LogP contribution in [0, 0.1) is 0 Å². The van der Waals surface area contributed by atoms with E-state index in [1.807, 2.05) is 12.1 Å². The highest BCUT2D eigenvalue weighted by Gasteiger charge is 2.28. The number of rotatable bonds is 6. The predicted molar refractivity (Wildman–Crippen MR) is 109 cm³/mol. The first-order valence-corrected chi connectivity index (χ1v) is 9.93. The summed E-state index contributed by atoms with van der Waals surface area (Å²) in [6.45, 7) is 0.921. The lowest BCUT2D eigenvalue weighted by molar-refractivity contribution is -0.153. The van der Waals surface area contributed by atoms with Crippen molar-refractivity contribution in [2.45, 2.75) is 38.4 Å². The summed E-state index contributed by atoms with van der Waals surface area (Å²) in [6.07, 6.45) is 2.18. The zero-order chi connectivity index (χ0) is 21.4. The Morgan fingerprint density at radius 3 is 2.53 bits per heavy atom. The minimum Gasteiger partial charge on any atom is -0.484 e. The molecule has 9 heteroatoms. The lowest BCUT2D eigenvalue weighted by Crippen LogP contribution is -2.28. The van der Waals surface area contributed by atoms with Crippen molar-refractivity contribution in [1.29, 1.82) is 0 Å². The van der Waals surface area contributed by atoms with E-state index in [0.717, 1.165) is 24.5 Å². The molecule has 1 aliphatic heterocycles.